The van der Waals surface area contributed by atoms with Crippen LogP contribution in [0, 0.1) is 0 Å². The van der Waals surface area contributed by atoms with Gasteiger partial charge in [-0.05, 0) is 24.1 Å². The van der Waals surface area contributed by atoms with Crippen LogP contribution >= 0.6 is 0 Å². The van der Waals surface area contributed by atoms with E-state index in [2.05, 4.69) is 4.98 Å². The van der Waals surface area contributed by atoms with E-state index in [1.54, 1.807) is 23.0 Å². The zero-order valence-electron chi connectivity index (χ0n) is 15.8. The maximum atomic E-state index is 12.9. The Kier molecular flexibility index (Phi) is 5.29. The molecule has 7 heteroatoms. The van der Waals surface area contributed by atoms with Crippen LogP contribution in [0.4, 0.5) is 4.79 Å². The normalized spacial score (nSPS) is 13.0. The molecular weight excluding hydrogens is 370 g/mol. The molecule has 0 radical (unpaired) electrons. The van der Waals surface area contributed by atoms with Crippen LogP contribution in [-0.4, -0.2) is 32.2 Å². The Bertz CT molecular complexity index is 1080. The number of hydrogen-bond acceptors (Lipinski definition) is 5. The first-order chi connectivity index (χ1) is 14.1. The molecule has 4 rings (SSSR count). The number of rotatable bonds is 4. The van der Waals surface area contributed by atoms with Crippen LogP contribution < -0.4 is 10.3 Å². The largest absolute Gasteiger partial charge is 0.504 e. The first-order valence-corrected chi connectivity index (χ1v) is 9.47. The minimum Gasteiger partial charge on any atom is -0.504 e. The van der Waals surface area contributed by atoms with Gasteiger partial charge >= 0.3 is 6.09 Å². The third-order valence-electron chi connectivity index (χ3n) is 4.99. The van der Waals surface area contributed by atoms with Gasteiger partial charge in [0.25, 0.3) is 5.56 Å². The van der Waals surface area contributed by atoms with Crippen molar-refractivity contribution in [2.24, 2.45) is 0 Å². The summed E-state index contributed by atoms with van der Waals surface area (Å²) in [4.78, 5) is 31.3. The van der Waals surface area contributed by atoms with Crippen molar-refractivity contribution in [3.05, 3.63) is 88.1 Å². The molecule has 0 saturated heterocycles. The summed E-state index contributed by atoms with van der Waals surface area (Å²) in [6.07, 6.45) is 2.19. The highest BCUT2D eigenvalue weighted by atomic mass is 16.6. The molecular formula is C22H21N3O4. The maximum absolute atomic E-state index is 12.9. The molecule has 3 aromatic rings. The predicted octanol–water partition coefficient (Wildman–Crippen LogP) is 2.75. The molecule has 29 heavy (non-hydrogen) atoms. The van der Waals surface area contributed by atoms with Gasteiger partial charge in [-0.15, -0.1) is 0 Å². The van der Waals surface area contributed by atoms with Crippen LogP contribution in [0.2, 0.25) is 0 Å². The van der Waals surface area contributed by atoms with Gasteiger partial charge in [-0.3, -0.25) is 9.36 Å². The molecule has 0 fully saturated rings. The monoisotopic (exact) mass is 391 g/mol. The predicted molar refractivity (Wildman–Crippen MR) is 107 cm³/mol. The number of benzene rings is 2. The van der Waals surface area contributed by atoms with E-state index in [0.717, 1.165) is 17.7 Å². The Labute approximate surface area is 167 Å². The summed E-state index contributed by atoms with van der Waals surface area (Å²) in [6.45, 7) is 1.06. The van der Waals surface area contributed by atoms with Crippen molar-refractivity contribution < 1.29 is 14.6 Å². The molecule has 0 bridgehead atoms. The minimum atomic E-state index is -0.601. The van der Waals surface area contributed by atoms with Crippen LogP contribution in [0.15, 0.2) is 65.7 Å². The van der Waals surface area contributed by atoms with Crippen molar-refractivity contribution in [1.29, 1.82) is 0 Å². The minimum absolute atomic E-state index is 0.0924. The second-order valence-electron chi connectivity index (χ2n) is 6.91. The lowest BCUT2D eigenvalue weighted by Crippen LogP contribution is -2.42. The Morgan fingerprint density at radius 3 is 2.66 bits per heavy atom. The average molecular weight is 391 g/mol. The molecule has 0 atom stereocenters. The van der Waals surface area contributed by atoms with Crippen LogP contribution in [0.3, 0.4) is 0 Å². The van der Waals surface area contributed by atoms with Gasteiger partial charge in [0.1, 0.15) is 0 Å². The van der Waals surface area contributed by atoms with Crippen LogP contribution in [0.1, 0.15) is 16.8 Å². The third-order valence-corrected chi connectivity index (χ3v) is 4.99. The lowest BCUT2D eigenvalue weighted by molar-refractivity contribution is 0.144. The molecule has 1 aromatic heterocycles. The van der Waals surface area contributed by atoms with Gasteiger partial charge in [0.15, 0.2) is 11.5 Å². The second kappa shape index (κ2) is 8.18. The summed E-state index contributed by atoms with van der Waals surface area (Å²) in [5, 5.41) is 9.79. The Morgan fingerprint density at radius 2 is 1.86 bits per heavy atom. The highest BCUT2D eigenvalue weighted by Gasteiger charge is 2.26. The number of ether oxygens (including phenoxy) is 1. The number of phenols is 1. The topological polar surface area (TPSA) is 84.7 Å². The van der Waals surface area contributed by atoms with E-state index in [-0.39, 0.29) is 23.6 Å². The van der Waals surface area contributed by atoms with E-state index in [1.165, 1.54) is 17.0 Å². The summed E-state index contributed by atoms with van der Waals surface area (Å²) in [5.41, 5.74) is 2.24. The van der Waals surface area contributed by atoms with Crippen LogP contribution in [0.25, 0.3) is 0 Å². The van der Waals surface area contributed by atoms with Gasteiger partial charge in [-0.2, -0.15) is 0 Å². The molecule has 0 aliphatic carbocycles. The summed E-state index contributed by atoms with van der Waals surface area (Å²) in [6, 6.07) is 16.2. The highest BCUT2D eigenvalue weighted by molar-refractivity contribution is 5.72. The fourth-order valence-electron chi connectivity index (χ4n) is 3.36. The third kappa shape index (κ3) is 4.13. The Morgan fingerprint density at radius 1 is 1.10 bits per heavy atom. The summed E-state index contributed by atoms with van der Waals surface area (Å²) < 4.78 is 6.87. The number of fused-ring (bicyclic) bond motifs is 1. The molecule has 0 unspecified atom stereocenters. The first kappa shape index (κ1) is 18.7. The van der Waals surface area contributed by atoms with E-state index in [0.29, 0.717) is 25.1 Å². The van der Waals surface area contributed by atoms with Crippen molar-refractivity contribution >= 4 is 6.09 Å². The number of nitrogens with zero attached hydrogens (tertiary/aromatic N) is 3. The van der Waals surface area contributed by atoms with E-state index in [1.807, 2.05) is 30.3 Å². The van der Waals surface area contributed by atoms with Crippen molar-refractivity contribution in [2.75, 3.05) is 6.54 Å². The number of aryl methyl sites for hydroxylation is 2. The van der Waals surface area contributed by atoms with Crippen molar-refractivity contribution in [1.82, 2.24) is 14.5 Å². The van der Waals surface area contributed by atoms with Gasteiger partial charge in [-0.25, -0.2) is 9.78 Å². The van der Waals surface area contributed by atoms with Gasteiger partial charge in [0.05, 0.1) is 24.1 Å². The van der Waals surface area contributed by atoms with E-state index >= 15 is 0 Å². The average Bonchev–Trinajstić information content (AvgIpc) is 2.75. The molecule has 2 aromatic carbocycles. The first-order valence-electron chi connectivity index (χ1n) is 9.47. The quantitative estimate of drug-likeness (QED) is 0.739. The van der Waals surface area contributed by atoms with Crippen LogP contribution in [0.5, 0.6) is 11.5 Å². The smallest absolute Gasteiger partial charge is 0.415 e. The van der Waals surface area contributed by atoms with Gasteiger partial charge < -0.3 is 14.7 Å². The standard InChI is InChI=1S/C22H21N3O4/c26-19-8-4-5-9-20(19)29-22(28)24-13-11-18-17(14-24)21(27)25(15-23-18)12-10-16-6-2-1-3-7-16/h1-9,15,26H,10-14H2. The fraction of sp³-hybridized carbons (Fsp3) is 0.227. The SMILES string of the molecule is O=C(Oc1ccccc1O)N1CCc2ncn(CCc3ccccc3)c(=O)c2C1. The molecule has 7 nitrogen and oxygen atoms in total. The Hall–Kier alpha value is -3.61. The zero-order valence-corrected chi connectivity index (χ0v) is 15.8. The Balaban J connectivity index is 1.48. The lowest BCUT2D eigenvalue weighted by atomic mass is 10.1. The molecule has 148 valence electrons. The van der Waals surface area contributed by atoms with Gasteiger partial charge in [-0.1, -0.05) is 42.5 Å². The number of carbonyl (C=O) groups is 1. The number of para-hydroxylation sites is 2. The number of aromatic nitrogens is 2. The number of carbonyl (C=O) groups excluding carboxylic acids is 1. The second-order valence-corrected chi connectivity index (χ2v) is 6.91. The molecule has 1 aliphatic rings. The van der Waals surface area contributed by atoms with Crippen LogP contribution in [-0.2, 0) is 25.9 Å². The lowest BCUT2D eigenvalue weighted by Gasteiger charge is -2.27. The highest BCUT2D eigenvalue weighted by Crippen LogP contribution is 2.25. The fourth-order valence-corrected chi connectivity index (χ4v) is 3.36. The molecule has 0 saturated carbocycles. The number of amides is 1. The number of aromatic hydroxyl groups is 1. The van der Waals surface area contributed by atoms with Crippen molar-refractivity contribution in [2.45, 2.75) is 25.9 Å². The van der Waals surface area contributed by atoms with E-state index in [4.69, 9.17) is 4.74 Å². The van der Waals surface area contributed by atoms with E-state index < -0.39 is 6.09 Å². The van der Waals surface area contributed by atoms with Gasteiger partial charge in [0, 0.05) is 19.5 Å². The molecule has 2 heterocycles. The van der Waals surface area contributed by atoms with Gasteiger partial charge in [0.2, 0.25) is 0 Å². The molecule has 1 N–H and O–H groups in total. The van der Waals surface area contributed by atoms with E-state index in [9.17, 15) is 14.7 Å². The maximum Gasteiger partial charge on any atom is 0.415 e. The summed E-state index contributed by atoms with van der Waals surface area (Å²) >= 11 is 0. The zero-order chi connectivity index (χ0) is 20.2. The van der Waals surface area contributed by atoms with Crippen molar-refractivity contribution in [3.63, 3.8) is 0 Å². The summed E-state index contributed by atoms with van der Waals surface area (Å²) in [7, 11) is 0. The summed E-state index contributed by atoms with van der Waals surface area (Å²) in [5.74, 6) is -0.0158. The van der Waals surface area contributed by atoms with Crippen molar-refractivity contribution in [3.8, 4) is 11.5 Å². The number of hydrogen-bond donors (Lipinski definition) is 1. The number of phenolic OH excluding ortho intramolecular Hbond substituents is 1. The molecule has 1 amide bonds. The molecule has 0 spiro atoms. The molecule has 1 aliphatic heterocycles.